The molecule has 0 radical (unpaired) electrons. The van der Waals surface area contributed by atoms with Gasteiger partial charge >= 0.3 is 5.97 Å². The quantitative estimate of drug-likeness (QED) is 0.613. The number of hydrogen-bond acceptors (Lipinski definition) is 5. The van der Waals surface area contributed by atoms with Crippen LogP contribution in [0.4, 0.5) is 5.69 Å². The Bertz CT molecular complexity index is 1050. The highest BCUT2D eigenvalue weighted by molar-refractivity contribution is 7.92. The number of hydrogen-bond donors (Lipinski definition) is 0. The number of benzene rings is 2. The van der Waals surface area contributed by atoms with E-state index < -0.39 is 10.0 Å². The average Bonchev–Trinajstić information content (AvgIpc) is 2.79. The average molecular weight is 465 g/mol. The minimum absolute atomic E-state index is 0.0894. The van der Waals surface area contributed by atoms with Gasteiger partial charge < -0.3 is 9.64 Å². The molecule has 1 aliphatic heterocycles. The van der Waals surface area contributed by atoms with Crippen LogP contribution in [0.3, 0.4) is 0 Å². The first kappa shape index (κ1) is 23.1. The lowest BCUT2D eigenvalue weighted by molar-refractivity contribution is -0.148. The molecule has 9 heteroatoms. The van der Waals surface area contributed by atoms with Crippen molar-refractivity contribution in [2.75, 3.05) is 31.0 Å². The summed E-state index contributed by atoms with van der Waals surface area (Å²) in [6, 6.07) is 13.0. The predicted octanol–water partition coefficient (Wildman–Crippen LogP) is 3.26. The first-order valence-electron chi connectivity index (χ1n) is 9.94. The number of methoxy groups -OCH3 is 1. The molecular weight excluding hydrogens is 440 g/mol. The van der Waals surface area contributed by atoms with E-state index in [0.717, 1.165) is 4.31 Å². The summed E-state index contributed by atoms with van der Waals surface area (Å²) in [6.07, 6.45) is 0.972. The third-order valence-electron chi connectivity index (χ3n) is 5.50. The van der Waals surface area contributed by atoms with E-state index in [4.69, 9.17) is 16.3 Å². The van der Waals surface area contributed by atoms with E-state index in [1.54, 1.807) is 48.2 Å². The zero-order chi connectivity index (χ0) is 22.6. The number of anilines is 1. The maximum atomic E-state index is 13.4. The molecule has 2 aromatic rings. The summed E-state index contributed by atoms with van der Waals surface area (Å²) in [6.45, 7) is 2.09. The third-order valence-corrected chi connectivity index (χ3v) is 7.68. The van der Waals surface area contributed by atoms with Crippen molar-refractivity contribution in [2.24, 2.45) is 5.92 Å². The van der Waals surface area contributed by atoms with Crippen LogP contribution in [0.15, 0.2) is 53.4 Å². The minimum Gasteiger partial charge on any atom is -0.469 e. The van der Waals surface area contributed by atoms with Gasteiger partial charge in [-0.25, -0.2) is 8.42 Å². The Balaban J connectivity index is 1.89. The number of sulfonamides is 1. The monoisotopic (exact) mass is 464 g/mol. The molecule has 7 nitrogen and oxygen atoms in total. The number of carbonyl (C=O) groups excluding carboxylic acids is 2. The molecule has 1 fully saturated rings. The first-order valence-corrected chi connectivity index (χ1v) is 11.8. The molecule has 0 saturated carbocycles. The molecule has 1 aliphatic rings. The number of ether oxygens (including phenoxy) is 1. The highest BCUT2D eigenvalue weighted by Crippen LogP contribution is 2.31. The van der Waals surface area contributed by atoms with Crippen molar-refractivity contribution in [1.29, 1.82) is 0 Å². The van der Waals surface area contributed by atoms with Crippen LogP contribution in [-0.4, -0.2) is 51.9 Å². The molecule has 1 heterocycles. The Hall–Kier alpha value is -2.58. The van der Waals surface area contributed by atoms with Gasteiger partial charge in [0.05, 0.1) is 23.6 Å². The maximum absolute atomic E-state index is 13.4. The fourth-order valence-corrected chi connectivity index (χ4v) is 5.30. The second-order valence-corrected chi connectivity index (χ2v) is 9.66. The molecule has 0 spiro atoms. The zero-order valence-electron chi connectivity index (χ0n) is 17.5. The first-order chi connectivity index (χ1) is 14.8. The molecule has 2 aromatic carbocycles. The topological polar surface area (TPSA) is 84.0 Å². The van der Waals surface area contributed by atoms with Crippen molar-refractivity contribution in [1.82, 2.24) is 4.90 Å². The van der Waals surface area contributed by atoms with E-state index in [2.05, 4.69) is 0 Å². The van der Waals surface area contributed by atoms with Crippen LogP contribution < -0.4 is 4.31 Å². The Morgan fingerprint density at radius 2 is 1.74 bits per heavy atom. The lowest BCUT2D eigenvalue weighted by Gasteiger charge is -2.33. The summed E-state index contributed by atoms with van der Waals surface area (Å²) in [5, 5.41) is 0.414. The minimum atomic E-state index is -4.00. The van der Waals surface area contributed by atoms with Gasteiger partial charge in [-0.2, -0.15) is 0 Å². The predicted molar refractivity (Wildman–Crippen MR) is 118 cm³/mol. The molecule has 1 amide bonds. The van der Waals surface area contributed by atoms with Crippen LogP contribution in [0.1, 0.15) is 18.4 Å². The summed E-state index contributed by atoms with van der Waals surface area (Å²) in [5.41, 5.74) is 0.926. The summed E-state index contributed by atoms with van der Waals surface area (Å²) in [4.78, 5) is 26.5. The SMILES string of the molecule is COC(=O)C1CCN(C(=O)CN(c2cccc(Cl)c2C)S(=O)(=O)c2ccccc2)CC1. The molecule has 0 N–H and O–H groups in total. The van der Waals surface area contributed by atoms with E-state index in [1.807, 2.05) is 0 Å². The number of carbonyl (C=O) groups is 2. The van der Waals surface area contributed by atoms with E-state index in [1.165, 1.54) is 19.2 Å². The number of esters is 1. The van der Waals surface area contributed by atoms with Crippen molar-refractivity contribution in [3.63, 3.8) is 0 Å². The lowest BCUT2D eigenvalue weighted by atomic mass is 9.97. The van der Waals surface area contributed by atoms with Gasteiger partial charge in [0, 0.05) is 18.1 Å². The van der Waals surface area contributed by atoms with Crippen LogP contribution in [0, 0.1) is 12.8 Å². The van der Waals surface area contributed by atoms with Crippen molar-refractivity contribution in [2.45, 2.75) is 24.7 Å². The Labute approximate surface area is 187 Å². The smallest absolute Gasteiger partial charge is 0.308 e. The van der Waals surface area contributed by atoms with Crippen molar-refractivity contribution in [3.8, 4) is 0 Å². The normalized spacial score (nSPS) is 14.9. The number of rotatable bonds is 6. The molecular formula is C22H25ClN2O5S. The summed E-state index contributed by atoms with van der Waals surface area (Å²) in [7, 11) is -2.66. The second-order valence-electron chi connectivity index (χ2n) is 7.39. The number of amides is 1. The van der Waals surface area contributed by atoms with Crippen molar-refractivity contribution < 1.29 is 22.7 Å². The second kappa shape index (κ2) is 9.70. The van der Waals surface area contributed by atoms with E-state index in [-0.39, 0.29) is 29.2 Å². The lowest BCUT2D eigenvalue weighted by Crippen LogP contribution is -2.47. The number of nitrogens with zero attached hydrogens (tertiary/aromatic N) is 2. The van der Waals surface area contributed by atoms with Crippen molar-refractivity contribution >= 4 is 39.2 Å². The van der Waals surface area contributed by atoms with Gasteiger partial charge in [0.2, 0.25) is 5.91 Å². The molecule has 0 aromatic heterocycles. The van der Waals surface area contributed by atoms with E-state index >= 15 is 0 Å². The van der Waals surface area contributed by atoms with Crippen molar-refractivity contribution in [3.05, 3.63) is 59.1 Å². The van der Waals surface area contributed by atoms with Gasteiger partial charge in [-0.3, -0.25) is 13.9 Å². The summed E-state index contributed by atoms with van der Waals surface area (Å²) in [5.74, 6) is -0.856. The fraction of sp³-hybridized carbons (Fsp3) is 0.364. The summed E-state index contributed by atoms with van der Waals surface area (Å²) >= 11 is 6.24. The van der Waals surface area contributed by atoms with Gasteiger partial charge in [0.15, 0.2) is 0 Å². The van der Waals surface area contributed by atoms with Crippen LogP contribution in [0.25, 0.3) is 0 Å². The van der Waals surface area contributed by atoms with Crippen LogP contribution in [0.5, 0.6) is 0 Å². The van der Waals surface area contributed by atoms with E-state index in [0.29, 0.717) is 42.2 Å². The molecule has 0 aliphatic carbocycles. The van der Waals surface area contributed by atoms with Crippen LogP contribution >= 0.6 is 11.6 Å². The molecule has 166 valence electrons. The molecule has 3 rings (SSSR count). The Morgan fingerprint density at radius 3 is 2.35 bits per heavy atom. The van der Waals surface area contributed by atoms with Gasteiger partial charge in [-0.1, -0.05) is 35.9 Å². The van der Waals surface area contributed by atoms with Gasteiger partial charge in [-0.05, 0) is 49.6 Å². The highest BCUT2D eigenvalue weighted by Gasteiger charge is 2.33. The largest absolute Gasteiger partial charge is 0.469 e. The van der Waals surface area contributed by atoms with Gasteiger partial charge in [0.25, 0.3) is 10.0 Å². The number of halogens is 1. The summed E-state index contributed by atoms with van der Waals surface area (Å²) < 4.78 is 32.8. The van der Waals surface area contributed by atoms with Gasteiger partial charge in [0.1, 0.15) is 6.54 Å². The Morgan fingerprint density at radius 1 is 1.10 bits per heavy atom. The number of piperidine rings is 1. The maximum Gasteiger partial charge on any atom is 0.308 e. The highest BCUT2D eigenvalue weighted by atomic mass is 35.5. The molecule has 1 saturated heterocycles. The standard InChI is InChI=1S/C22H25ClN2O5S/c1-16-19(23)9-6-10-20(16)25(31(28,29)18-7-4-3-5-8-18)15-21(26)24-13-11-17(12-14-24)22(27)30-2/h3-10,17H,11-15H2,1-2H3. The van der Waals surface area contributed by atoms with Gasteiger partial charge in [-0.15, -0.1) is 0 Å². The van der Waals surface area contributed by atoms with E-state index in [9.17, 15) is 18.0 Å². The Kier molecular flexibility index (Phi) is 7.23. The number of likely N-dealkylation sites (tertiary alicyclic amines) is 1. The van der Waals surface area contributed by atoms with Crippen LogP contribution in [0.2, 0.25) is 5.02 Å². The molecule has 31 heavy (non-hydrogen) atoms. The molecule has 0 bridgehead atoms. The third kappa shape index (κ3) is 5.02. The fourth-order valence-electron chi connectivity index (χ4n) is 3.64. The van der Waals surface area contributed by atoms with Crippen LogP contribution in [-0.2, 0) is 24.3 Å². The molecule has 0 atom stereocenters. The molecule has 0 unspecified atom stereocenters. The zero-order valence-corrected chi connectivity index (χ0v) is 19.0.